The molecule has 132 valence electrons. The number of rotatable bonds is 4. The molecule has 2 aromatic rings. The van der Waals surface area contributed by atoms with Crippen molar-refractivity contribution in [1.82, 2.24) is 9.80 Å². The predicted molar refractivity (Wildman–Crippen MR) is 111 cm³/mol. The van der Waals surface area contributed by atoms with E-state index in [0.717, 1.165) is 43.5 Å². The molecule has 0 saturated carbocycles. The van der Waals surface area contributed by atoms with E-state index in [0.29, 0.717) is 5.56 Å². The minimum atomic E-state index is 0.632. The Morgan fingerprint density at radius 3 is 2.58 bits per heavy atom. The average Bonchev–Trinajstić information content (AvgIpc) is 2.69. The van der Waals surface area contributed by atoms with Crippen molar-refractivity contribution in [1.29, 1.82) is 5.26 Å². The third kappa shape index (κ3) is 5.16. The summed E-state index contributed by atoms with van der Waals surface area (Å²) in [4.78, 5) is 4.61. The number of anilines is 1. The first-order valence-corrected chi connectivity index (χ1v) is 9.15. The first-order chi connectivity index (χ1) is 12.7. The number of piperazine rings is 1. The first kappa shape index (κ1) is 18.1. The van der Waals surface area contributed by atoms with Gasteiger partial charge in [0.15, 0.2) is 5.11 Å². The number of hydrogen-bond acceptors (Lipinski definition) is 3. The van der Waals surface area contributed by atoms with Gasteiger partial charge in [0.2, 0.25) is 0 Å². The van der Waals surface area contributed by atoms with Crippen molar-refractivity contribution >= 4 is 29.1 Å². The molecule has 0 bridgehead atoms. The van der Waals surface area contributed by atoms with E-state index in [1.807, 2.05) is 24.3 Å². The van der Waals surface area contributed by atoms with Crippen LogP contribution < -0.4 is 5.32 Å². The van der Waals surface area contributed by atoms with Crippen molar-refractivity contribution in [3.8, 4) is 6.07 Å². The van der Waals surface area contributed by atoms with Crippen molar-refractivity contribution < 1.29 is 0 Å². The van der Waals surface area contributed by atoms with Crippen LogP contribution in [0.15, 0.2) is 60.7 Å². The third-order valence-electron chi connectivity index (χ3n) is 4.38. The molecule has 0 radical (unpaired) electrons. The van der Waals surface area contributed by atoms with Gasteiger partial charge in [0.1, 0.15) is 0 Å². The Morgan fingerprint density at radius 1 is 1.08 bits per heavy atom. The van der Waals surface area contributed by atoms with Crippen LogP contribution in [0.3, 0.4) is 0 Å². The number of hydrogen-bond donors (Lipinski definition) is 1. The maximum absolute atomic E-state index is 8.99. The normalized spacial score (nSPS) is 15.0. The molecule has 0 unspecified atom stereocenters. The summed E-state index contributed by atoms with van der Waals surface area (Å²) >= 11 is 5.52. The fourth-order valence-electron chi connectivity index (χ4n) is 2.90. The Kier molecular flexibility index (Phi) is 6.37. The Balaban J connectivity index is 1.45. The first-order valence-electron chi connectivity index (χ1n) is 8.74. The van der Waals surface area contributed by atoms with Crippen molar-refractivity contribution in [3.05, 3.63) is 71.8 Å². The Labute approximate surface area is 160 Å². The zero-order chi connectivity index (χ0) is 18.2. The zero-order valence-corrected chi connectivity index (χ0v) is 15.5. The fourth-order valence-corrected chi connectivity index (χ4v) is 3.20. The van der Waals surface area contributed by atoms with E-state index in [9.17, 15) is 0 Å². The summed E-state index contributed by atoms with van der Waals surface area (Å²) in [5.41, 5.74) is 2.73. The van der Waals surface area contributed by atoms with Crippen molar-refractivity contribution in [2.75, 3.05) is 38.0 Å². The van der Waals surface area contributed by atoms with Gasteiger partial charge in [0, 0.05) is 38.4 Å². The molecule has 1 aliphatic heterocycles. The van der Waals surface area contributed by atoms with Crippen molar-refractivity contribution in [3.63, 3.8) is 0 Å². The number of benzene rings is 2. The number of nitrogens with one attached hydrogen (secondary N) is 1. The third-order valence-corrected chi connectivity index (χ3v) is 4.74. The number of nitriles is 1. The molecule has 1 heterocycles. The van der Waals surface area contributed by atoms with Gasteiger partial charge in [-0.3, -0.25) is 4.90 Å². The van der Waals surface area contributed by atoms with Crippen LogP contribution in [-0.2, 0) is 0 Å². The van der Waals surface area contributed by atoms with Crippen LogP contribution in [0.25, 0.3) is 6.08 Å². The van der Waals surface area contributed by atoms with Gasteiger partial charge in [-0.25, -0.2) is 0 Å². The molecule has 2 aromatic carbocycles. The van der Waals surface area contributed by atoms with Gasteiger partial charge in [0.05, 0.1) is 11.6 Å². The molecule has 4 nitrogen and oxygen atoms in total. The quantitative estimate of drug-likeness (QED) is 0.842. The van der Waals surface area contributed by atoms with Crippen molar-refractivity contribution in [2.45, 2.75) is 0 Å². The van der Waals surface area contributed by atoms with Crippen molar-refractivity contribution in [2.24, 2.45) is 0 Å². The minimum absolute atomic E-state index is 0.632. The molecule has 3 rings (SSSR count). The summed E-state index contributed by atoms with van der Waals surface area (Å²) in [6, 6.07) is 19.9. The van der Waals surface area contributed by atoms with Crippen LogP contribution in [0.4, 0.5) is 5.69 Å². The predicted octanol–water partition coefficient (Wildman–Crippen LogP) is 3.59. The number of thiocarbonyl (C=S) groups is 1. The lowest BCUT2D eigenvalue weighted by Crippen LogP contribution is -2.49. The molecule has 1 aliphatic rings. The largest absolute Gasteiger partial charge is 0.346 e. The SMILES string of the molecule is N#Cc1cccc(NC(=S)N2CCN(C/C=C\c3ccccc3)CC2)c1. The van der Waals surface area contributed by atoms with Gasteiger partial charge >= 0.3 is 0 Å². The van der Waals surface area contributed by atoms with E-state index in [1.165, 1.54) is 5.56 Å². The highest BCUT2D eigenvalue weighted by Crippen LogP contribution is 2.12. The second kappa shape index (κ2) is 9.14. The summed E-state index contributed by atoms with van der Waals surface area (Å²) in [5, 5.41) is 12.9. The van der Waals surface area contributed by atoms with Crippen LogP contribution in [0.1, 0.15) is 11.1 Å². The smallest absolute Gasteiger partial charge is 0.173 e. The summed E-state index contributed by atoms with van der Waals surface area (Å²) in [7, 11) is 0. The van der Waals surface area contributed by atoms with Gasteiger partial charge in [-0.1, -0.05) is 48.6 Å². The molecule has 0 aromatic heterocycles. The lowest BCUT2D eigenvalue weighted by atomic mass is 10.2. The second-order valence-corrected chi connectivity index (χ2v) is 6.61. The Morgan fingerprint density at radius 2 is 1.85 bits per heavy atom. The second-order valence-electron chi connectivity index (χ2n) is 6.22. The summed E-state index contributed by atoms with van der Waals surface area (Å²) in [6.07, 6.45) is 4.38. The Hall–Kier alpha value is -2.68. The lowest BCUT2D eigenvalue weighted by molar-refractivity contribution is 0.200. The van der Waals surface area contributed by atoms with E-state index in [2.05, 4.69) is 57.6 Å². The maximum atomic E-state index is 8.99. The molecule has 26 heavy (non-hydrogen) atoms. The molecule has 0 amide bonds. The monoisotopic (exact) mass is 362 g/mol. The topological polar surface area (TPSA) is 42.3 Å². The highest BCUT2D eigenvalue weighted by atomic mass is 32.1. The minimum Gasteiger partial charge on any atom is -0.346 e. The molecule has 5 heteroatoms. The number of nitrogens with zero attached hydrogens (tertiary/aromatic N) is 3. The van der Waals surface area contributed by atoms with E-state index < -0.39 is 0 Å². The molecule has 0 atom stereocenters. The van der Waals surface area contributed by atoms with Gasteiger partial charge in [0.25, 0.3) is 0 Å². The van der Waals surface area contributed by atoms with Crippen LogP contribution in [0, 0.1) is 11.3 Å². The van der Waals surface area contributed by atoms with E-state index in [1.54, 1.807) is 6.07 Å². The van der Waals surface area contributed by atoms with Gasteiger partial charge in [-0.2, -0.15) is 5.26 Å². The summed E-state index contributed by atoms with van der Waals surface area (Å²) in [6.45, 7) is 4.73. The maximum Gasteiger partial charge on any atom is 0.173 e. The lowest BCUT2D eigenvalue weighted by Gasteiger charge is -2.35. The van der Waals surface area contributed by atoms with Crippen LogP contribution in [0.5, 0.6) is 0 Å². The summed E-state index contributed by atoms with van der Waals surface area (Å²) < 4.78 is 0. The standard InChI is InChI=1S/C21H22N4S/c22-17-19-8-4-10-20(16-19)23-21(26)25-14-12-24(13-15-25)11-5-9-18-6-2-1-3-7-18/h1-10,16H,11-15H2,(H,23,26)/b9-5-. The molecule has 1 fully saturated rings. The zero-order valence-electron chi connectivity index (χ0n) is 14.6. The van der Waals surface area contributed by atoms with Gasteiger partial charge in [-0.15, -0.1) is 0 Å². The fraction of sp³-hybridized carbons (Fsp3) is 0.238. The Bertz CT molecular complexity index is 802. The summed E-state index contributed by atoms with van der Waals surface area (Å²) in [5.74, 6) is 0. The molecule has 1 saturated heterocycles. The molecular weight excluding hydrogens is 340 g/mol. The van der Waals surface area contributed by atoms with Crippen LogP contribution in [-0.4, -0.2) is 47.6 Å². The highest BCUT2D eigenvalue weighted by Gasteiger charge is 2.18. The van der Waals surface area contributed by atoms with Crippen LogP contribution in [0.2, 0.25) is 0 Å². The van der Waals surface area contributed by atoms with E-state index >= 15 is 0 Å². The molecular formula is C21H22N4S. The highest BCUT2D eigenvalue weighted by molar-refractivity contribution is 7.80. The van der Waals surface area contributed by atoms with Gasteiger partial charge in [-0.05, 0) is 36.0 Å². The molecule has 0 spiro atoms. The molecule has 1 N–H and O–H groups in total. The van der Waals surface area contributed by atoms with E-state index in [4.69, 9.17) is 17.5 Å². The van der Waals surface area contributed by atoms with E-state index in [-0.39, 0.29) is 0 Å². The average molecular weight is 363 g/mol. The van der Waals surface area contributed by atoms with Crippen LogP contribution >= 0.6 is 12.2 Å². The van der Waals surface area contributed by atoms with Gasteiger partial charge < -0.3 is 10.2 Å². The molecule has 0 aliphatic carbocycles.